The van der Waals surface area contributed by atoms with E-state index >= 15 is 0 Å². The molecule has 1 saturated heterocycles. The Balaban J connectivity index is 0.000000397. The van der Waals surface area contributed by atoms with Gasteiger partial charge in [-0.15, -0.1) is 0 Å². The summed E-state index contributed by atoms with van der Waals surface area (Å²) in [4.78, 5) is 10.4. The number of unbranched alkanes of at least 4 members (excludes halogenated alkanes) is 1. The molecule has 1 rings (SSSR count). The molecule has 0 aromatic heterocycles. The van der Waals surface area contributed by atoms with Crippen LogP contribution in [-0.2, 0) is 14.8 Å². The summed E-state index contributed by atoms with van der Waals surface area (Å²) in [5.74, 6) is -1.37. The van der Waals surface area contributed by atoms with Crippen LogP contribution >= 0.6 is 0 Å². The predicted octanol–water partition coefficient (Wildman–Crippen LogP) is 0.678. The Labute approximate surface area is 109 Å². The number of carbonyl (C=O) groups is 1. The first kappa shape index (κ1) is 17.3. The lowest BCUT2D eigenvalue weighted by Crippen LogP contribution is -2.35. The topological polar surface area (TPSA) is 109 Å². The second-order valence-corrected chi connectivity index (χ2v) is 6.12. The zero-order chi connectivity index (χ0) is 14.0. The van der Waals surface area contributed by atoms with E-state index in [2.05, 4.69) is 5.32 Å². The number of primary sulfonamides is 1. The molecule has 0 aromatic carbocycles. The molecule has 1 aliphatic heterocycles. The van der Waals surface area contributed by atoms with Crippen molar-refractivity contribution in [3.05, 3.63) is 0 Å². The molecule has 6 nitrogen and oxygen atoms in total. The van der Waals surface area contributed by atoms with E-state index in [1.165, 1.54) is 32.4 Å². The monoisotopic (exact) mass is 280 g/mol. The molecule has 108 valence electrons. The van der Waals surface area contributed by atoms with E-state index in [-0.39, 0.29) is 6.42 Å². The lowest BCUT2D eigenvalue weighted by Gasteiger charge is -2.08. The number of carboxylic acid groups (broad SMARTS) is 1. The van der Waals surface area contributed by atoms with Gasteiger partial charge < -0.3 is 10.4 Å². The van der Waals surface area contributed by atoms with Crippen molar-refractivity contribution in [2.45, 2.75) is 50.7 Å². The summed E-state index contributed by atoms with van der Waals surface area (Å²) in [6, 6.07) is 0. The summed E-state index contributed by atoms with van der Waals surface area (Å²) < 4.78 is 21.4. The highest BCUT2D eigenvalue weighted by Gasteiger charge is 2.28. The summed E-state index contributed by atoms with van der Waals surface area (Å²) in [5.41, 5.74) is 0. The van der Waals surface area contributed by atoms with Gasteiger partial charge in [0.2, 0.25) is 10.0 Å². The number of piperidine rings is 1. The van der Waals surface area contributed by atoms with Gasteiger partial charge in [-0.25, -0.2) is 13.6 Å². The molecule has 4 N–H and O–H groups in total. The number of sulfonamides is 1. The minimum atomic E-state index is -3.94. The Bertz CT molecular complexity index is 314. The van der Waals surface area contributed by atoms with Crippen molar-refractivity contribution in [3.63, 3.8) is 0 Å². The highest BCUT2D eigenvalue weighted by molar-refractivity contribution is 7.90. The van der Waals surface area contributed by atoms with Gasteiger partial charge in [0.15, 0.2) is 5.25 Å². The van der Waals surface area contributed by atoms with Gasteiger partial charge >= 0.3 is 5.97 Å². The largest absolute Gasteiger partial charge is 0.480 e. The zero-order valence-corrected chi connectivity index (χ0v) is 11.7. The third-order valence-electron chi connectivity index (χ3n) is 2.70. The van der Waals surface area contributed by atoms with Gasteiger partial charge in [-0.1, -0.05) is 26.2 Å². The average Bonchev–Trinajstić information content (AvgIpc) is 2.30. The zero-order valence-electron chi connectivity index (χ0n) is 10.9. The number of nitrogens with one attached hydrogen (secondary N) is 1. The second kappa shape index (κ2) is 9.29. The van der Waals surface area contributed by atoms with E-state index < -0.39 is 21.2 Å². The Hall–Kier alpha value is -0.660. The first-order valence-electron chi connectivity index (χ1n) is 6.34. The molecule has 18 heavy (non-hydrogen) atoms. The summed E-state index contributed by atoms with van der Waals surface area (Å²) in [6.07, 6.45) is 5.60. The first-order chi connectivity index (χ1) is 8.39. The van der Waals surface area contributed by atoms with Crippen LogP contribution < -0.4 is 10.5 Å². The highest BCUT2D eigenvalue weighted by Crippen LogP contribution is 2.07. The van der Waals surface area contributed by atoms with Gasteiger partial charge in [-0.3, -0.25) is 4.79 Å². The summed E-state index contributed by atoms with van der Waals surface area (Å²) in [7, 11) is -3.94. The van der Waals surface area contributed by atoms with Crippen LogP contribution in [0.25, 0.3) is 0 Å². The Morgan fingerprint density at radius 2 is 1.89 bits per heavy atom. The van der Waals surface area contributed by atoms with Crippen LogP contribution in [0.15, 0.2) is 0 Å². The molecule has 1 aliphatic rings. The van der Waals surface area contributed by atoms with Crippen LogP contribution in [0.4, 0.5) is 0 Å². The number of aliphatic carboxylic acids is 1. The van der Waals surface area contributed by atoms with Crippen LogP contribution in [-0.4, -0.2) is 37.8 Å². The maximum atomic E-state index is 10.7. The van der Waals surface area contributed by atoms with Crippen molar-refractivity contribution in [1.29, 1.82) is 0 Å². The van der Waals surface area contributed by atoms with E-state index in [0.29, 0.717) is 6.42 Å². The van der Waals surface area contributed by atoms with Gasteiger partial charge in [0.25, 0.3) is 0 Å². The van der Waals surface area contributed by atoms with Crippen molar-refractivity contribution >= 4 is 16.0 Å². The molecule has 1 fully saturated rings. The van der Waals surface area contributed by atoms with Crippen LogP contribution in [0.3, 0.4) is 0 Å². The lowest BCUT2D eigenvalue weighted by atomic mass is 10.2. The molecule has 0 saturated carbocycles. The molecular formula is C11H24N2O4S. The van der Waals surface area contributed by atoms with Crippen LogP contribution in [0, 0.1) is 0 Å². The van der Waals surface area contributed by atoms with Crippen molar-refractivity contribution in [2.24, 2.45) is 5.14 Å². The minimum absolute atomic E-state index is 0.0880. The SMILES string of the molecule is C1CCNCC1.CCCCC(C(=O)O)S(N)(=O)=O. The van der Waals surface area contributed by atoms with Crippen LogP contribution in [0.5, 0.6) is 0 Å². The third-order valence-corrected chi connectivity index (χ3v) is 3.93. The number of carboxylic acids is 1. The van der Waals surface area contributed by atoms with Gasteiger partial charge in [-0.2, -0.15) is 0 Å². The molecule has 0 spiro atoms. The van der Waals surface area contributed by atoms with E-state index in [1.807, 2.05) is 6.92 Å². The predicted molar refractivity (Wildman–Crippen MR) is 70.8 cm³/mol. The van der Waals surface area contributed by atoms with E-state index in [1.54, 1.807) is 0 Å². The van der Waals surface area contributed by atoms with Crippen molar-refractivity contribution in [2.75, 3.05) is 13.1 Å². The lowest BCUT2D eigenvalue weighted by molar-refractivity contribution is -0.136. The van der Waals surface area contributed by atoms with Crippen LogP contribution in [0.1, 0.15) is 45.4 Å². The minimum Gasteiger partial charge on any atom is -0.480 e. The number of hydrogen-bond donors (Lipinski definition) is 3. The summed E-state index contributed by atoms with van der Waals surface area (Å²) >= 11 is 0. The summed E-state index contributed by atoms with van der Waals surface area (Å²) in [5, 5.41) is 15.0. The molecular weight excluding hydrogens is 256 g/mol. The molecule has 0 aliphatic carbocycles. The van der Waals surface area contributed by atoms with Gasteiger partial charge in [0.1, 0.15) is 0 Å². The fraction of sp³-hybridized carbons (Fsp3) is 0.909. The quantitative estimate of drug-likeness (QED) is 0.686. The molecule has 1 atom stereocenters. The molecule has 0 bridgehead atoms. The fourth-order valence-electron chi connectivity index (χ4n) is 1.62. The standard InChI is InChI=1S/C6H13NO4S.C5H11N/c1-2-3-4-5(6(8)9)12(7,10)11;1-2-4-6-5-3-1/h5H,2-4H2,1H3,(H,8,9)(H2,7,10,11);6H,1-5H2. The first-order valence-corrected chi connectivity index (χ1v) is 7.95. The maximum absolute atomic E-state index is 10.7. The summed E-state index contributed by atoms with van der Waals surface area (Å²) in [6.45, 7) is 4.35. The van der Waals surface area contributed by atoms with E-state index in [0.717, 1.165) is 6.42 Å². The number of rotatable bonds is 5. The maximum Gasteiger partial charge on any atom is 0.323 e. The smallest absolute Gasteiger partial charge is 0.323 e. The number of hydrogen-bond acceptors (Lipinski definition) is 4. The average molecular weight is 280 g/mol. The van der Waals surface area contributed by atoms with Crippen molar-refractivity contribution in [1.82, 2.24) is 5.32 Å². The highest BCUT2D eigenvalue weighted by atomic mass is 32.2. The Morgan fingerprint density at radius 1 is 1.33 bits per heavy atom. The van der Waals surface area contributed by atoms with Crippen LogP contribution in [0.2, 0.25) is 0 Å². The Kier molecular flexibility index (Phi) is 8.95. The van der Waals surface area contributed by atoms with Crippen molar-refractivity contribution < 1.29 is 18.3 Å². The molecule has 0 radical (unpaired) electrons. The third kappa shape index (κ3) is 8.43. The van der Waals surface area contributed by atoms with Gasteiger partial charge in [-0.05, 0) is 32.4 Å². The van der Waals surface area contributed by atoms with Crippen molar-refractivity contribution in [3.8, 4) is 0 Å². The molecule has 0 amide bonds. The molecule has 7 heteroatoms. The molecule has 0 aromatic rings. The van der Waals surface area contributed by atoms with Gasteiger partial charge in [0, 0.05) is 0 Å². The molecule has 1 heterocycles. The number of nitrogens with two attached hydrogens (primary N) is 1. The Morgan fingerprint density at radius 3 is 2.11 bits per heavy atom. The second-order valence-electron chi connectivity index (χ2n) is 4.37. The van der Waals surface area contributed by atoms with E-state index in [4.69, 9.17) is 10.2 Å². The fourth-order valence-corrected chi connectivity index (χ4v) is 2.40. The van der Waals surface area contributed by atoms with E-state index in [9.17, 15) is 13.2 Å². The van der Waals surface area contributed by atoms with Gasteiger partial charge in [0.05, 0.1) is 0 Å². The normalized spacial score (nSPS) is 17.4. The molecule has 1 unspecified atom stereocenters.